The largest absolute Gasteiger partial charge is 0.334 e. The van der Waals surface area contributed by atoms with Crippen LogP contribution >= 0.6 is 11.6 Å². The first-order valence-electron chi connectivity index (χ1n) is 6.69. The number of carbonyl (C=O) groups excluding carboxylic acids is 1. The normalized spacial score (nSPS) is 19.6. The Morgan fingerprint density at radius 1 is 1.42 bits per heavy atom. The summed E-state index contributed by atoms with van der Waals surface area (Å²) in [6.45, 7) is 3.80. The predicted molar refractivity (Wildman–Crippen MR) is 78.9 cm³/mol. The summed E-state index contributed by atoms with van der Waals surface area (Å²) in [6, 6.07) is 5.54. The third-order valence-electron chi connectivity index (χ3n) is 3.31. The van der Waals surface area contributed by atoms with Crippen molar-refractivity contribution < 1.29 is 4.79 Å². The molecule has 104 valence electrons. The monoisotopic (exact) mass is 281 g/mol. The van der Waals surface area contributed by atoms with Crippen LogP contribution in [0, 0.1) is 6.92 Å². The zero-order valence-electron chi connectivity index (χ0n) is 11.1. The lowest BCUT2D eigenvalue weighted by atomic mass is 10.1. The van der Waals surface area contributed by atoms with Crippen molar-refractivity contribution in [2.75, 3.05) is 18.4 Å². The van der Waals surface area contributed by atoms with E-state index in [1.54, 1.807) is 6.07 Å². The molecule has 0 saturated carbocycles. The fourth-order valence-corrected chi connectivity index (χ4v) is 2.35. The number of hydrogen-bond donors (Lipinski definition) is 3. The van der Waals surface area contributed by atoms with Crippen LogP contribution in [0.1, 0.15) is 24.8 Å². The molecule has 1 atom stereocenters. The molecule has 0 aromatic heterocycles. The van der Waals surface area contributed by atoms with Crippen LogP contribution in [-0.2, 0) is 0 Å². The average Bonchev–Trinajstić information content (AvgIpc) is 2.62. The van der Waals surface area contributed by atoms with E-state index < -0.39 is 0 Å². The molecule has 0 aliphatic carbocycles. The SMILES string of the molecule is Cc1ccc(NC(=O)NC2CCCCNC2)cc1Cl. The van der Waals surface area contributed by atoms with Crippen molar-refractivity contribution in [2.24, 2.45) is 0 Å². The van der Waals surface area contributed by atoms with Crippen molar-refractivity contribution in [1.82, 2.24) is 10.6 Å². The van der Waals surface area contributed by atoms with Crippen LogP contribution in [-0.4, -0.2) is 25.2 Å². The average molecular weight is 282 g/mol. The predicted octanol–water partition coefficient (Wildman–Crippen LogP) is 2.91. The molecule has 2 amide bonds. The van der Waals surface area contributed by atoms with Gasteiger partial charge in [-0.15, -0.1) is 0 Å². The summed E-state index contributed by atoms with van der Waals surface area (Å²) < 4.78 is 0. The van der Waals surface area contributed by atoms with Crippen molar-refractivity contribution in [3.63, 3.8) is 0 Å². The van der Waals surface area contributed by atoms with Gasteiger partial charge in [0.15, 0.2) is 0 Å². The summed E-state index contributed by atoms with van der Waals surface area (Å²) in [5, 5.41) is 9.78. The van der Waals surface area contributed by atoms with Crippen molar-refractivity contribution in [2.45, 2.75) is 32.2 Å². The Labute approximate surface area is 118 Å². The van der Waals surface area contributed by atoms with Crippen molar-refractivity contribution in [3.05, 3.63) is 28.8 Å². The lowest BCUT2D eigenvalue weighted by Crippen LogP contribution is -2.42. The minimum Gasteiger partial charge on any atom is -0.334 e. The van der Waals surface area contributed by atoms with E-state index in [9.17, 15) is 4.79 Å². The summed E-state index contributed by atoms with van der Waals surface area (Å²) in [4.78, 5) is 11.9. The van der Waals surface area contributed by atoms with E-state index in [4.69, 9.17) is 11.6 Å². The maximum atomic E-state index is 11.9. The first-order valence-corrected chi connectivity index (χ1v) is 7.07. The van der Waals surface area contributed by atoms with Gasteiger partial charge in [0.25, 0.3) is 0 Å². The molecular formula is C14H20ClN3O. The second kappa shape index (κ2) is 6.78. The first-order chi connectivity index (χ1) is 9.15. The molecule has 1 unspecified atom stereocenters. The third-order valence-corrected chi connectivity index (χ3v) is 3.72. The molecule has 1 aliphatic rings. The molecule has 0 spiro atoms. The summed E-state index contributed by atoms with van der Waals surface area (Å²) in [5.41, 5.74) is 1.72. The van der Waals surface area contributed by atoms with Gasteiger partial charge in [-0.05, 0) is 44.0 Å². The minimum atomic E-state index is -0.173. The number of amides is 2. The maximum Gasteiger partial charge on any atom is 0.319 e. The summed E-state index contributed by atoms with van der Waals surface area (Å²) in [6.07, 6.45) is 3.34. The highest BCUT2D eigenvalue weighted by Gasteiger charge is 2.14. The Balaban J connectivity index is 1.87. The van der Waals surface area contributed by atoms with Crippen LogP contribution in [0.5, 0.6) is 0 Å². The van der Waals surface area contributed by atoms with Crippen LogP contribution in [0.15, 0.2) is 18.2 Å². The van der Waals surface area contributed by atoms with Gasteiger partial charge < -0.3 is 16.0 Å². The van der Waals surface area contributed by atoms with Gasteiger partial charge in [-0.25, -0.2) is 4.79 Å². The fourth-order valence-electron chi connectivity index (χ4n) is 2.17. The quantitative estimate of drug-likeness (QED) is 0.781. The smallest absolute Gasteiger partial charge is 0.319 e. The second-order valence-corrected chi connectivity index (χ2v) is 5.37. The number of urea groups is 1. The number of aryl methyl sites for hydroxylation is 1. The zero-order chi connectivity index (χ0) is 13.7. The molecule has 1 aliphatic heterocycles. The van der Waals surface area contributed by atoms with Crippen LogP contribution in [0.3, 0.4) is 0 Å². The second-order valence-electron chi connectivity index (χ2n) is 4.96. The van der Waals surface area contributed by atoms with Gasteiger partial charge in [0, 0.05) is 23.3 Å². The minimum absolute atomic E-state index is 0.173. The Hall–Kier alpha value is -1.26. The molecule has 1 saturated heterocycles. The lowest BCUT2D eigenvalue weighted by molar-refractivity contribution is 0.247. The van der Waals surface area contributed by atoms with Gasteiger partial charge in [-0.1, -0.05) is 24.1 Å². The molecule has 4 nitrogen and oxygen atoms in total. The summed E-state index contributed by atoms with van der Waals surface area (Å²) in [7, 11) is 0. The van der Waals surface area contributed by atoms with Crippen molar-refractivity contribution >= 4 is 23.3 Å². The molecule has 0 bridgehead atoms. The highest BCUT2D eigenvalue weighted by molar-refractivity contribution is 6.31. The molecule has 1 aromatic rings. The van der Waals surface area contributed by atoms with Crippen LogP contribution in [0.4, 0.5) is 10.5 Å². The number of nitrogens with one attached hydrogen (secondary N) is 3. The van der Waals surface area contributed by atoms with Gasteiger partial charge in [0.1, 0.15) is 0 Å². The van der Waals surface area contributed by atoms with Crippen molar-refractivity contribution in [1.29, 1.82) is 0 Å². The summed E-state index contributed by atoms with van der Waals surface area (Å²) >= 11 is 6.03. The van der Waals surface area contributed by atoms with E-state index in [0.29, 0.717) is 5.02 Å². The van der Waals surface area contributed by atoms with Gasteiger partial charge in [-0.3, -0.25) is 0 Å². The number of rotatable bonds is 2. The molecule has 2 rings (SSSR count). The van der Waals surface area contributed by atoms with E-state index in [-0.39, 0.29) is 12.1 Å². The number of carbonyl (C=O) groups is 1. The van der Waals surface area contributed by atoms with Gasteiger partial charge in [0.2, 0.25) is 0 Å². The molecule has 5 heteroatoms. The Bertz CT molecular complexity index is 442. The van der Waals surface area contributed by atoms with Gasteiger partial charge in [-0.2, -0.15) is 0 Å². The molecule has 1 aromatic carbocycles. The molecule has 1 heterocycles. The van der Waals surface area contributed by atoms with E-state index in [0.717, 1.165) is 37.2 Å². The summed E-state index contributed by atoms with van der Waals surface area (Å²) in [5.74, 6) is 0. The van der Waals surface area contributed by atoms with Gasteiger partial charge in [0.05, 0.1) is 0 Å². The third kappa shape index (κ3) is 4.40. The van der Waals surface area contributed by atoms with Crippen LogP contribution < -0.4 is 16.0 Å². The molecule has 19 heavy (non-hydrogen) atoms. The fraction of sp³-hybridized carbons (Fsp3) is 0.500. The lowest BCUT2D eigenvalue weighted by Gasteiger charge is -2.17. The van der Waals surface area contributed by atoms with E-state index in [1.165, 1.54) is 6.42 Å². The zero-order valence-corrected chi connectivity index (χ0v) is 11.9. The van der Waals surface area contributed by atoms with E-state index in [2.05, 4.69) is 16.0 Å². The molecule has 0 radical (unpaired) electrons. The molecular weight excluding hydrogens is 262 g/mol. The van der Waals surface area contributed by atoms with Crippen LogP contribution in [0.2, 0.25) is 5.02 Å². The van der Waals surface area contributed by atoms with Gasteiger partial charge >= 0.3 is 6.03 Å². The topological polar surface area (TPSA) is 53.2 Å². The highest BCUT2D eigenvalue weighted by atomic mass is 35.5. The Morgan fingerprint density at radius 2 is 2.26 bits per heavy atom. The van der Waals surface area contributed by atoms with Crippen LogP contribution in [0.25, 0.3) is 0 Å². The number of anilines is 1. The Kier molecular flexibility index (Phi) is 5.05. The van der Waals surface area contributed by atoms with E-state index in [1.807, 2.05) is 19.1 Å². The maximum absolute atomic E-state index is 11.9. The van der Waals surface area contributed by atoms with E-state index >= 15 is 0 Å². The van der Waals surface area contributed by atoms with Crippen molar-refractivity contribution in [3.8, 4) is 0 Å². The standard InChI is InChI=1S/C14H20ClN3O/c1-10-5-6-11(8-13(10)15)17-14(19)18-12-4-2-3-7-16-9-12/h5-6,8,12,16H,2-4,7,9H2,1H3,(H2,17,18,19). The Morgan fingerprint density at radius 3 is 3.05 bits per heavy atom. The first kappa shape index (κ1) is 14.2. The molecule has 1 fully saturated rings. The highest BCUT2D eigenvalue weighted by Crippen LogP contribution is 2.19. The molecule has 3 N–H and O–H groups in total. The number of hydrogen-bond acceptors (Lipinski definition) is 2. The number of halogens is 1. The number of benzene rings is 1.